The Morgan fingerprint density at radius 1 is 1.32 bits per heavy atom. The number of hydrogen-bond donors (Lipinski definition) is 1. The predicted octanol–water partition coefficient (Wildman–Crippen LogP) is 1.60. The first-order valence-corrected chi connectivity index (χ1v) is 6.82. The fourth-order valence-electron chi connectivity index (χ4n) is 1.97. The zero-order chi connectivity index (χ0) is 13.7. The second-order valence-corrected chi connectivity index (χ2v) is 5.40. The van der Waals surface area contributed by atoms with Gasteiger partial charge in [-0.15, -0.1) is 0 Å². The number of nitrogens with zero attached hydrogens (tertiary/aromatic N) is 4. The second kappa shape index (κ2) is 6.52. The highest BCUT2D eigenvalue weighted by molar-refractivity contribution is 5.04. The molecule has 5 nitrogen and oxygen atoms in total. The average Bonchev–Trinajstić information content (AvgIpc) is 2.95. The molecule has 2 aromatic rings. The SMILES string of the molecule is CC(C)CNCc1cn(CCc2cnn(C)c2)cn1. The average molecular weight is 261 g/mol. The summed E-state index contributed by atoms with van der Waals surface area (Å²) in [7, 11) is 1.94. The molecule has 0 atom stereocenters. The minimum absolute atomic E-state index is 0.674. The summed E-state index contributed by atoms with van der Waals surface area (Å²) in [6.45, 7) is 7.24. The van der Waals surface area contributed by atoms with E-state index in [9.17, 15) is 0 Å². The highest BCUT2D eigenvalue weighted by atomic mass is 15.2. The molecule has 0 amide bonds. The Morgan fingerprint density at radius 3 is 2.84 bits per heavy atom. The molecule has 2 heterocycles. The van der Waals surface area contributed by atoms with E-state index in [1.54, 1.807) is 0 Å². The van der Waals surface area contributed by atoms with Crippen molar-refractivity contribution >= 4 is 0 Å². The van der Waals surface area contributed by atoms with Crippen molar-refractivity contribution in [1.29, 1.82) is 0 Å². The number of rotatable bonds is 7. The molecular formula is C14H23N5. The maximum atomic E-state index is 4.41. The lowest BCUT2D eigenvalue weighted by atomic mass is 10.2. The van der Waals surface area contributed by atoms with Crippen LogP contribution in [0.5, 0.6) is 0 Å². The standard InChI is InChI=1S/C14H23N5/c1-12(2)6-15-8-14-10-19(11-16-14)5-4-13-7-17-18(3)9-13/h7,9-12,15H,4-6,8H2,1-3H3. The van der Waals surface area contributed by atoms with Gasteiger partial charge in [0.05, 0.1) is 18.2 Å². The van der Waals surface area contributed by atoms with E-state index in [2.05, 4.69) is 46.2 Å². The molecular weight excluding hydrogens is 238 g/mol. The number of nitrogens with one attached hydrogen (secondary N) is 1. The van der Waals surface area contributed by atoms with Crippen LogP contribution in [-0.4, -0.2) is 25.9 Å². The quantitative estimate of drug-likeness (QED) is 0.823. The van der Waals surface area contributed by atoms with Gasteiger partial charge in [0.25, 0.3) is 0 Å². The highest BCUT2D eigenvalue weighted by Gasteiger charge is 2.01. The summed E-state index contributed by atoms with van der Waals surface area (Å²) in [6, 6.07) is 0. The molecule has 0 unspecified atom stereocenters. The van der Waals surface area contributed by atoms with Crippen LogP contribution in [0.1, 0.15) is 25.1 Å². The van der Waals surface area contributed by atoms with Crippen molar-refractivity contribution in [2.75, 3.05) is 6.54 Å². The summed E-state index contributed by atoms with van der Waals surface area (Å²) >= 11 is 0. The lowest BCUT2D eigenvalue weighted by molar-refractivity contribution is 0.548. The van der Waals surface area contributed by atoms with Crippen LogP contribution >= 0.6 is 0 Å². The van der Waals surface area contributed by atoms with Gasteiger partial charge in [-0.1, -0.05) is 13.8 Å². The molecule has 0 radical (unpaired) electrons. The summed E-state index contributed by atoms with van der Waals surface area (Å²) < 4.78 is 3.98. The van der Waals surface area contributed by atoms with Crippen LogP contribution < -0.4 is 5.32 Å². The molecule has 104 valence electrons. The van der Waals surface area contributed by atoms with E-state index < -0.39 is 0 Å². The van der Waals surface area contributed by atoms with Gasteiger partial charge in [-0.2, -0.15) is 5.10 Å². The molecule has 1 N–H and O–H groups in total. The molecule has 0 aliphatic rings. The van der Waals surface area contributed by atoms with Gasteiger partial charge in [0.1, 0.15) is 0 Å². The van der Waals surface area contributed by atoms with Gasteiger partial charge >= 0.3 is 0 Å². The van der Waals surface area contributed by atoms with E-state index in [-0.39, 0.29) is 0 Å². The minimum atomic E-state index is 0.674. The van der Waals surface area contributed by atoms with Gasteiger partial charge in [0, 0.05) is 32.5 Å². The van der Waals surface area contributed by atoms with Crippen LogP contribution in [0.3, 0.4) is 0 Å². The maximum absolute atomic E-state index is 4.41. The van der Waals surface area contributed by atoms with Crippen molar-refractivity contribution < 1.29 is 0 Å². The van der Waals surface area contributed by atoms with Gasteiger partial charge in [-0.05, 0) is 24.4 Å². The third-order valence-corrected chi connectivity index (χ3v) is 2.96. The van der Waals surface area contributed by atoms with Crippen molar-refractivity contribution in [3.05, 3.63) is 36.2 Å². The van der Waals surface area contributed by atoms with Crippen molar-refractivity contribution in [2.24, 2.45) is 13.0 Å². The Bertz CT molecular complexity index is 497. The van der Waals surface area contributed by atoms with E-state index in [1.165, 1.54) is 5.56 Å². The molecule has 0 fully saturated rings. The third-order valence-electron chi connectivity index (χ3n) is 2.96. The molecule has 0 aromatic carbocycles. The molecule has 0 spiro atoms. The van der Waals surface area contributed by atoms with Gasteiger partial charge in [-0.25, -0.2) is 4.98 Å². The van der Waals surface area contributed by atoms with Crippen LogP contribution in [0.15, 0.2) is 24.9 Å². The summed E-state index contributed by atoms with van der Waals surface area (Å²) in [6.07, 6.45) is 8.99. The van der Waals surface area contributed by atoms with Crippen LogP contribution in [0, 0.1) is 5.92 Å². The van der Waals surface area contributed by atoms with Crippen LogP contribution in [0.4, 0.5) is 0 Å². The van der Waals surface area contributed by atoms with Crippen molar-refractivity contribution in [3.63, 3.8) is 0 Å². The summed E-state index contributed by atoms with van der Waals surface area (Å²) in [5.74, 6) is 0.674. The zero-order valence-electron chi connectivity index (χ0n) is 12.0. The van der Waals surface area contributed by atoms with Gasteiger partial charge in [0.2, 0.25) is 0 Å². The highest BCUT2D eigenvalue weighted by Crippen LogP contribution is 2.02. The summed E-state index contributed by atoms with van der Waals surface area (Å²) in [5.41, 5.74) is 2.36. The number of aryl methyl sites for hydroxylation is 3. The van der Waals surface area contributed by atoms with E-state index in [0.29, 0.717) is 5.92 Å². The first kappa shape index (κ1) is 13.8. The summed E-state index contributed by atoms with van der Waals surface area (Å²) in [5, 5.41) is 7.58. The first-order chi connectivity index (χ1) is 9.13. The van der Waals surface area contributed by atoms with E-state index >= 15 is 0 Å². The van der Waals surface area contributed by atoms with Crippen LogP contribution in [0.25, 0.3) is 0 Å². The molecule has 0 saturated carbocycles. The van der Waals surface area contributed by atoms with Crippen LogP contribution in [-0.2, 0) is 26.6 Å². The largest absolute Gasteiger partial charge is 0.337 e. The van der Waals surface area contributed by atoms with Crippen molar-refractivity contribution in [2.45, 2.75) is 33.4 Å². The Balaban J connectivity index is 1.77. The van der Waals surface area contributed by atoms with Crippen molar-refractivity contribution in [1.82, 2.24) is 24.6 Å². The smallest absolute Gasteiger partial charge is 0.0950 e. The minimum Gasteiger partial charge on any atom is -0.337 e. The van der Waals surface area contributed by atoms with Crippen molar-refractivity contribution in [3.8, 4) is 0 Å². The number of imidazole rings is 1. The predicted molar refractivity (Wildman–Crippen MR) is 75.7 cm³/mol. The number of hydrogen-bond acceptors (Lipinski definition) is 3. The molecule has 5 heteroatoms. The van der Waals surface area contributed by atoms with E-state index in [0.717, 1.165) is 31.7 Å². The topological polar surface area (TPSA) is 47.7 Å². The maximum Gasteiger partial charge on any atom is 0.0950 e. The molecule has 0 aliphatic carbocycles. The Morgan fingerprint density at radius 2 is 2.16 bits per heavy atom. The Labute approximate surface area is 114 Å². The molecule has 0 saturated heterocycles. The van der Waals surface area contributed by atoms with Gasteiger partial charge in [0.15, 0.2) is 0 Å². The third kappa shape index (κ3) is 4.52. The molecule has 0 bridgehead atoms. The Kier molecular flexibility index (Phi) is 4.74. The summed E-state index contributed by atoms with van der Waals surface area (Å²) in [4.78, 5) is 4.41. The fraction of sp³-hybridized carbons (Fsp3) is 0.571. The Hall–Kier alpha value is -1.62. The lowest BCUT2D eigenvalue weighted by Gasteiger charge is -2.04. The number of aromatic nitrogens is 4. The zero-order valence-corrected chi connectivity index (χ0v) is 12.0. The second-order valence-electron chi connectivity index (χ2n) is 5.40. The first-order valence-electron chi connectivity index (χ1n) is 6.82. The van der Waals surface area contributed by atoms with E-state index in [4.69, 9.17) is 0 Å². The van der Waals surface area contributed by atoms with E-state index in [1.807, 2.05) is 24.3 Å². The molecule has 2 rings (SSSR count). The molecule has 0 aliphatic heterocycles. The fourth-order valence-corrected chi connectivity index (χ4v) is 1.97. The molecule has 19 heavy (non-hydrogen) atoms. The monoisotopic (exact) mass is 261 g/mol. The van der Waals surface area contributed by atoms with Crippen LogP contribution in [0.2, 0.25) is 0 Å². The normalized spacial score (nSPS) is 11.4. The molecule has 2 aromatic heterocycles. The lowest BCUT2D eigenvalue weighted by Crippen LogP contribution is -2.19. The van der Waals surface area contributed by atoms with Gasteiger partial charge < -0.3 is 9.88 Å². The van der Waals surface area contributed by atoms with Gasteiger partial charge in [-0.3, -0.25) is 4.68 Å².